The first-order valence-electron chi connectivity index (χ1n) is 25.0. The van der Waals surface area contributed by atoms with Crippen LogP contribution in [0.2, 0.25) is 0 Å². The van der Waals surface area contributed by atoms with Gasteiger partial charge in [-0.05, 0) is 105 Å². The van der Waals surface area contributed by atoms with E-state index in [1.54, 1.807) is 0 Å². The van der Waals surface area contributed by atoms with E-state index in [2.05, 4.69) is 267 Å². The minimum atomic E-state index is -0.289. The van der Waals surface area contributed by atoms with Crippen LogP contribution in [0, 0.1) is 0 Å². The van der Waals surface area contributed by atoms with Crippen molar-refractivity contribution in [1.29, 1.82) is 0 Å². The molecule has 0 saturated heterocycles. The van der Waals surface area contributed by atoms with Gasteiger partial charge in [-0.15, -0.1) is 0 Å². The number of aromatic nitrogens is 2. The molecule has 0 spiro atoms. The Balaban J connectivity index is 0.980. The molecule has 2 aromatic heterocycles. The molecule has 0 unspecified atom stereocenters. The second-order valence-electron chi connectivity index (χ2n) is 20.1. The SMILES string of the molecule is CC(C)(C1=CCC(N2CN(c3cc(Oc4cccc(-n5c6ccccc6c6cccnc65)c4)cc(-c4ccccc4)c3)c3ccc(-c4ccccc4)cc32)=CC(C(C)(C)c2ccccc2)=C1)c1ccccc1. The molecule has 0 amide bonds. The third-order valence-electron chi connectivity index (χ3n) is 14.9. The molecule has 0 saturated carbocycles. The third kappa shape index (κ3) is 8.17. The summed E-state index contributed by atoms with van der Waals surface area (Å²) in [7, 11) is 0. The van der Waals surface area contributed by atoms with E-state index in [9.17, 15) is 0 Å². The summed E-state index contributed by atoms with van der Waals surface area (Å²) in [6.07, 6.45) is 10.1. The predicted octanol–water partition coefficient (Wildman–Crippen LogP) is 17.3. The first-order chi connectivity index (χ1) is 35.2. The van der Waals surface area contributed by atoms with Gasteiger partial charge < -0.3 is 14.5 Å². The zero-order chi connectivity index (χ0) is 48.8. The fraction of sp³-hybridized carbons (Fsp3) is 0.119. The van der Waals surface area contributed by atoms with Crippen LogP contribution in [-0.2, 0) is 10.8 Å². The number of anilines is 3. The Kier molecular flexibility index (Phi) is 11.3. The Bertz CT molecular complexity index is 3660. The Morgan fingerprint density at radius 3 is 1.79 bits per heavy atom. The van der Waals surface area contributed by atoms with Gasteiger partial charge in [-0.3, -0.25) is 4.57 Å². The lowest BCUT2D eigenvalue weighted by molar-refractivity contribution is 0.483. The maximum absolute atomic E-state index is 7.00. The standard InChI is InChI=1S/C67H56N4O/c1-66(2,51-25-13-7-14-26-51)53-35-36-55(43-54(42-53)67(3,4)52-27-15-8-16-28-52)69-46-70(63-37-34-49(41-64(63)69)47-21-9-5-10-22-47)57-39-50(48-23-11-6-12-24-48)40-59(45-57)72-58-30-19-29-56(44-58)71-62-33-18-17-31-60(62)61-32-20-38-68-65(61)71/h5-35,37-45H,36,46H2,1-4H3. The van der Waals surface area contributed by atoms with Crippen LogP contribution in [0.3, 0.4) is 0 Å². The van der Waals surface area contributed by atoms with Gasteiger partial charge in [-0.25, -0.2) is 4.98 Å². The molecule has 3 heterocycles. The highest BCUT2D eigenvalue weighted by Crippen LogP contribution is 2.49. The molecule has 8 aromatic carbocycles. The Morgan fingerprint density at radius 1 is 0.444 bits per heavy atom. The smallest absolute Gasteiger partial charge is 0.145 e. The molecule has 0 atom stereocenters. The molecular weight excluding hydrogens is 877 g/mol. The highest BCUT2D eigenvalue weighted by Gasteiger charge is 2.35. The summed E-state index contributed by atoms with van der Waals surface area (Å²) in [5, 5.41) is 2.29. The van der Waals surface area contributed by atoms with Crippen molar-refractivity contribution in [1.82, 2.24) is 9.55 Å². The second-order valence-corrected chi connectivity index (χ2v) is 20.1. The van der Waals surface area contributed by atoms with E-state index in [1.807, 2.05) is 18.3 Å². The van der Waals surface area contributed by atoms with E-state index in [0.717, 1.165) is 62.7 Å². The first kappa shape index (κ1) is 44.5. The van der Waals surface area contributed by atoms with Crippen LogP contribution in [0.15, 0.2) is 260 Å². The number of allylic oxidation sites excluding steroid dienone is 5. The zero-order valence-corrected chi connectivity index (χ0v) is 41.2. The molecule has 0 bridgehead atoms. The maximum Gasteiger partial charge on any atom is 0.145 e. The number of hydrogen-bond donors (Lipinski definition) is 0. The van der Waals surface area contributed by atoms with Crippen molar-refractivity contribution in [3.05, 3.63) is 271 Å². The largest absolute Gasteiger partial charge is 0.457 e. The normalized spacial score (nSPS) is 13.9. The third-order valence-corrected chi connectivity index (χ3v) is 14.9. The van der Waals surface area contributed by atoms with E-state index in [0.29, 0.717) is 6.67 Å². The average molecular weight is 933 g/mol. The molecule has 0 fully saturated rings. The van der Waals surface area contributed by atoms with Crippen molar-refractivity contribution >= 4 is 39.0 Å². The van der Waals surface area contributed by atoms with Gasteiger partial charge in [-0.1, -0.05) is 192 Å². The zero-order valence-electron chi connectivity index (χ0n) is 41.2. The summed E-state index contributed by atoms with van der Waals surface area (Å²) < 4.78 is 9.23. The molecule has 0 N–H and O–H groups in total. The minimum absolute atomic E-state index is 0.230. The summed E-state index contributed by atoms with van der Waals surface area (Å²) in [4.78, 5) is 9.86. The van der Waals surface area contributed by atoms with Gasteiger partial charge in [0.05, 0.1) is 29.2 Å². The van der Waals surface area contributed by atoms with Gasteiger partial charge in [0.2, 0.25) is 0 Å². The van der Waals surface area contributed by atoms with Gasteiger partial charge in [0.25, 0.3) is 0 Å². The van der Waals surface area contributed by atoms with E-state index >= 15 is 0 Å². The Labute approximate surface area is 422 Å². The minimum Gasteiger partial charge on any atom is -0.457 e. The molecule has 5 nitrogen and oxygen atoms in total. The molecule has 12 rings (SSSR count). The topological polar surface area (TPSA) is 33.5 Å². The summed E-state index contributed by atoms with van der Waals surface area (Å²) in [6, 6.07) is 77.9. The fourth-order valence-electron chi connectivity index (χ4n) is 10.8. The van der Waals surface area contributed by atoms with E-state index < -0.39 is 0 Å². The second kappa shape index (κ2) is 18.3. The monoisotopic (exact) mass is 932 g/mol. The van der Waals surface area contributed by atoms with Gasteiger partial charge in [-0.2, -0.15) is 0 Å². The Hall–Kier alpha value is -8.67. The van der Waals surface area contributed by atoms with Crippen molar-refractivity contribution in [3.63, 3.8) is 0 Å². The molecule has 0 radical (unpaired) electrons. The molecule has 5 heteroatoms. The van der Waals surface area contributed by atoms with Crippen molar-refractivity contribution in [2.45, 2.75) is 44.9 Å². The van der Waals surface area contributed by atoms with Crippen molar-refractivity contribution in [2.24, 2.45) is 0 Å². The summed E-state index contributed by atoms with van der Waals surface area (Å²) in [5.74, 6) is 1.50. The summed E-state index contributed by atoms with van der Waals surface area (Å²) >= 11 is 0. The number of para-hydroxylation sites is 1. The van der Waals surface area contributed by atoms with Crippen LogP contribution in [0.5, 0.6) is 11.5 Å². The van der Waals surface area contributed by atoms with Crippen LogP contribution >= 0.6 is 0 Å². The number of fused-ring (bicyclic) bond motifs is 4. The number of hydrogen-bond acceptors (Lipinski definition) is 4. The number of nitrogens with zero attached hydrogens (tertiary/aromatic N) is 4. The highest BCUT2D eigenvalue weighted by molar-refractivity contribution is 6.07. The van der Waals surface area contributed by atoms with E-state index in [-0.39, 0.29) is 10.8 Å². The molecule has 2 aliphatic rings. The van der Waals surface area contributed by atoms with Gasteiger partial charge in [0.1, 0.15) is 17.1 Å². The van der Waals surface area contributed by atoms with E-state index in [4.69, 9.17) is 9.72 Å². The summed E-state index contributed by atoms with van der Waals surface area (Å²) in [5.41, 5.74) is 16.8. The van der Waals surface area contributed by atoms with Crippen LogP contribution in [0.1, 0.15) is 45.2 Å². The fourth-order valence-corrected chi connectivity index (χ4v) is 10.8. The van der Waals surface area contributed by atoms with Crippen molar-refractivity contribution < 1.29 is 4.74 Å². The lowest BCUT2D eigenvalue weighted by atomic mass is 9.73. The van der Waals surface area contributed by atoms with Gasteiger partial charge in [0.15, 0.2) is 0 Å². The first-order valence-corrected chi connectivity index (χ1v) is 25.0. The molecular formula is C67H56N4O. The number of pyridine rings is 1. The highest BCUT2D eigenvalue weighted by atomic mass is 16.5. The van der Waals surface area contributed by atoms with Crippen LogP contribution < -0.4 is 14.5 Å². The quantitative estimate of drug-likeness (QED) is 0.129. The van der Waals surface area contributed by atoms with Gasteiger partial charge >= 0.3 is 0 Å². The van der Waals surface area contributed by atoms with Crippen LogP contribution in [0.25, 0.3) is 49.9 Å². The van der Waals surface area contributed by atoms with Crippen molar-refractivity contribution in [3.8, 4) is 39.4 Å². The molecule has 1 aliphatic heterocycles. The van der Waals surface area contributed by atoms with E-state index in [1.165, 1.54) is 50.2 Å². The summed E-state index contributed by atoms with van der Waals surface area (Å²) in [6.45, 7) is 10.1. The van der Waals surface area contributed by atoms with Crippen LogP contribution in [0.4, 0.5) is 17.1 Å². The van der Waals surface area contributed by atoms with Crippen molar-refractivity contribution in [2.75, 3.05) is 16.5 Å². The number of ether oxygens (including phenoxy) is 1. The lowest BCUT2D eigenvalue weighted by Crippen LogP contribution is -2.28. The number of benzene rings is 8. The molecule has 1 aliphatic carbocycles. The molecule has 72 heavy (non-hydrogen) atoms. The Morgan fingerprint density at radius 2 is 1.07 bits per heavy atom. The number of rotatable bonds is 11. The lowest BCUT2D eigenvalue weighted by Gasteiger charge is -2.31. The average Bonchev–Trinajstić information content (AvgIpc) is 3.88. The molecule has 350 valence electrons. The molecule has 10 aromatic rings. The van der Waals surface area contributed by atoms with Gasteiger partial charge in [0, 0.05) is 57.7 Å². The maximum atomic E-state index is 7.00. The van der Waals surface area contributed by atoms with Crippen LogP contribution in [-0.4, -0.2) is 16.2 Å². The predicted molar refractivity (Wildman–Crippen MR) is 300 cm³/mol.